The molecule has 0 unspecified atom stereocenters. The first kappa shape index (κ1) is 17.3. The van der Waals surface area contributed by atoms with Gasteiger partial charge in [0.1, 0.15) is 0 Å². The van der Waals surface area contributed by atoms with Crippen LogP contribution in [-0.2, 0) is 20.7 Å². The number of esters is 1. The molecule has 6 nitrogen and oxygen atoms in total. The second-order valence-electron chi connectivity index (χ2n) is 5.49. The number of carbonyl (C=O) groups is 2. The molecule has 0 aromatic heterocycles. The van der Waals surface area contributed by atoms with Gasteiger partial charge in [-0.15, -0.1) is 0 Å². The lowest BCUT2D eigenvalue weighted by Gasteiger charge is -2.14. The second kappa shape index (κ2) is 7.57. The molecular weight excluding hydrogens is 390 g/mol. The van der Waals surface area contributed by atoms with Gasteiger partial charge in [0.15, 0.2) is 17.6 Å². The van der Waals surface area contributed by atoms with Crippen molar-refractivity contribution >= 4 is 33.5 Å². The van der Waals surface area contributed by atoms with E-state index in [0.29, 0.717) is 17.2 Å². The summed E-state index contributed by atoms with van der Waals surface area (Å²) >= 11 is 3.34. The van der Waals surface area contributed by atoms with E-state index in [1.807, 2.05) is 24.3 Å². The summed E-state index contributed by atoms with van der Waals surface area (Å²) in [6.45, 7) is 1.69. The fourth-order valence-corrected chi connectivity index (χ4v) is 2.54. The normalized spacial score (nSPS) is 13.2. The average molecular weight is 406 g/mol. The van der Waals surface area contributed by atoms with Crippen LogP contribution in [0.15, 0.2) is 46.9 Å². The van der Waals surface area contributed by atoms with Crippen LogP contribution in [0.1, 0.15) is 12.5 Å². The Morgan fingerprint density at radius 3 is 2.64 bits per heavy atom. The van der Waals surface area contributed by atoms with Crippen LogP contribution in [0, 0.1) is 0 Å². The maximum Gasteiger partial charge on any atom is 0.311 e. The van der Waals surface area contributed by atoms with E-state index in [4.69, 9.17) is 14.2 Å². The van der Waals surface area contributed by atoms with Crippen molar-refractivity contribution in [3.63, 3.8) is 0 Å². The minimum atomic E-state index is -0.909. The van der Waals surface area contributed by atoms with E-state index in [1.165, 1.54) is 6.92 Å². The van der Waals surface area contributed by atoms with Crippen molar-refractivity contribution in [1.29, 1.82) is 0 Å². The third-order valence-corrected chi connectivity index (χ3v) is 4.11. The summed E-state index contributed by atoms with van der Waals surface area (Å²) in [6.07, 6.45) is -0.803. The van der Waals surface area contributed by atoms with Crippen molar-refractivity contribution in [3.8, 4) is 11.5 Å². The molecule has 1 amide bonds. The fraction of sp³-hybridized carbons (Fsp3) is 0.222. The van der Waals surface area contributed by atoms with Gasteiger partial charge >= 0.3 is 5.97 Å². The Hall–Kier alpha value is -2.54. The van der Waals surface area contributed by atoms with Gasteiger partial charge in [-0.1, -0.05) is 28.1 Å². The van der Waals surface area contributed by atoms with Crippen molar-refractivity contribution in [1.82, 2.24) is 0 Å². The molecule has 0 spiro atoms. The van der Waals surface area contributed by atoms with E-state index in [-0.39, 0.29) is 13.2 Å². The molecule has 1 atom stereocenters. The zero-order chi connectivity index (χ0) is 17.8. The second-order valence-corrected chi connectivity index (χ2v) is 6.41. The number of halogens is 1. The molecule has 0 saturated carbocycles. The molecule has 130 valence electrons. The molecule has 1 aliphatic heterocycles. The largest absolute Gasteiger partial charge is 0.454 e. The Labute approximate surface area is 153 Å². The predicted octanol–water partition coefficient (Wildman–Crippen LogP) is 3.29. The van der Waals surface area contributed by atoms with Gasteiger partial charge in [0.25, 0.3) is 5.91 Å². The Morgan fingerprint density at radius 1 is 1.16 bits per heavy atom. The molecule has 1 N–H and O–H groups in total. The minimum absolute atomic E-state index is 0.106. The van der Waals surface area contributed by atoms with E-state index in [0.717, 1.165) is 10.0 Å². The highest BCUT2D eigenvalue weighted by molar-refractivity contribution is 9.10. The Bertz CT molecular complexity index is 791. The lowest BCUT2D eigenvalue weighted by Crippen LogP contribution is -2.30. The summed E-state index contributed by atoms with van der Waals surface area (Å²) in [5.41, 5.74) is 1.36. The maximum absolute atomic E-state index is 12.2. The van der Waals surface area contributed by atoms with Gasteiger partial charge in [-0.2, -0.15) is 0 Å². The quantitative estimate of drug-likeness (QED) is 0.772. The Balaban J connectivity index is 1.53. The number of amides is 1. The van der Waals surface area contributed by atoms with Crippen molar-refractivity contribution in [3.05, 3.63) is 52.5 Å². The highest BCUT2D eigenvalue weighted by atomic mass is 79.9. The third kappa shape index (κ3) is 4.51. The number of ether oxygens (including phenoxy) is 3. The number of anilines is 1. The Kier molecular flexibility index (Phi) is 5.23. The van der Waals surface area contributed by atoms with Gasteiger partial charge in [-0.05, 0) is 36.8 Å². The third-order valence-electron chi connectivity index (χ3n) is 3.58. The minimum Gasteiger partial charge on any atom is -0.454 e. The average Bonchev–Trinajstić information content (AvgIpc) is 3.04. The number of rotatable bonds is 5. The topological polar surface area (TPSA) is 73.9 Å². The van der Waals surface area contributed by atoms with E-state index in [9.17, 15) is 9.59 Å². The molecule has 0 radical (unpaired) electrons. The van der Waals surface area contributed by atoms with Gasteiger partial charge in [0.2, 0.25) is 6.79 Å². The number of benzene rings is 2. The van der Waals surface area contributed by atoms with Crippen LogP contribution in [0.2, 0.25) is 0 Å². The van der Waals surface area contributed by atoms with Crippen LogP contribution in [0.5, 0.6) is 11.5 Å². The molecule has 0 saturated heterocycles. The summed E-state index contributed by atoms with van der Waals surface area (Å²) in [7, 11) is 0. The van der Waals surface area contributed by atoms with Crippen molar-refractivity contribution in [2.45, 2.75) is 19.4 Å². The lowest BCUT2D eigenvalue weighted by molar-refractivity contribution is -0.152. The van der Waals surface area contributed by atoms with Crippen LogP contribution in [0.3, 0.4) is 0 Å². The van der Waals surface area contributed by atoms with Crippen LogP contribution in [0.25, 0.3) is 0 Å². The smallest absolute Gasteiger partial charge is 0.311 e. The SMILES string of the molecule is C[C@H](OC(=O)Cc1ccc(Br)cc1)C(=O)Nc1ccc2c(c1)OCO2. The molecule has 1 heterocycles. The fourth-order valence-electron chi connectivity index (χ4n) is 2.28. The molecule has 2 aromatic carbocycles. The first-order valence-electron chi connectivity index (χ1n) is 7.66. The standard InChI is InChI=1S/C18H16BrNO5/c1-11(25-17(21)8-12-2-4-13(19)5-3-12)18(22)20-14-6-7-15-16(9-14)24-10-23-15/h2-7,9,11H,8,10H2,1H3,(H,20,22)/t11-/m0/s1. The first-order valence-corrected chi connectivity index (χ1v) is 8.45. The van der Waals surface area contributed by atoms with Gasteiger partial charge in [0.05, 0.1) is 6.42 Å². The van der Waals surface area contributed by atoms with Crippen LogP contribution >= 0.6 is 15.9 Å². The molecule has 7 heteroatoms. The van der Waals surface area contributed by atoms with Crippen LogP contribution in [0.4, 0.5) is 5.69 Å². The number of nitrogens with one attached hydrogen (secondary N) is 1. The van der Waals surface area contributed by atoms with Crippen LogP contribution in [-0.4, -0.2) is 24.8 Å². The van der Waals surface area contributed by atoms with E-state index < -0.39 is 18.0 Å². The van der Waals surface area contributed by atoms with Crippen molar-refractivity contribution in [2.75, 3.05) is 12.1 Å². The molecule has 0 fully saturated rings. The van der Waals surface area contributed by atoms with E-state index in [2.05, 4.69) is 21.2 Å². The molecule has 25 heavy (non-hydrogen) atoms. The van der Waals surface area contributed by atoms with Crippen molar-refractivity contribution < 1.29 is 23.8 Å². The van der Waals surface area contributed by atoms with Crippen LogP contribution < -0.4 is 14.8 Å². The molecule has 2 aromatic rings. The number of fused-ring (bicyclic) bond motifs is 1. The molecule has 1 aliphatic rings. The number of hydrogen-bond donors (Lipinski definition) is 1. The molecule has 0 aliphatic carbocycles. The van der Waals surface area contributed by atoms with Crippen molar-refractivity contribution in [2.24, 2.45) is 0 Å². The van der Waals surface area contributed by atoms with E-state index >= 15 is 0 Å². The molecule has 3 rings (SSSR count). The number of hydrogen-bond acceptors (Lipinski definition) is 5. The highest BCUT2D eigenvalue weighted by Gasteiger charge is 2.20. The lowest BCUT2D eigenvalue weighted by atomic mass is 10.1. The predicted molar refractivity (Wildman–Crippen MR) is 94.6 cm³/mol. The highest BCUT2D eigenvalue weighted by Crippen LogP contribution is 2.34. The van der Waals surface area contributed by atoms with Gasteiger partial charge < -0.3 is 19.5 Å². The number of carbonyl (C=O) groups excluding carboxylic acids is 2. The van der Waals surface area contributed by atoms with Gasteiger partial charge in [0, 0.05) is 16.2 Å². The summed E-state index contributed by atoms with van der Waals surface area (Å²) in [5, 5.41) is 2.69. The Morgan fingerprint density at radius 2 is 1.88 bits per heavy atom. The first-order chi connectivity index (χ1) is 12.0. The monoisotopic (exact) mass is 405 g/mol. The van der Waals surface area contributed by atoms with E-state index in [1.54, 1.807) is 18.2 Å². The molecule has 0 bridgehead atoms. The summed E-state index contributed by atoms with van der Waals surface area (Å²) < 4.78 is 16.6. The van der Waals surface area contributed by atoms with Gasteiger partial charge in [-0.25, -0.2) is 0 Å². The zero-order valence-corrected chi connectivity index (χ0v) is 15.0. The zero-order valence-electron chi connectivity index (χ0n) is 13.5. The summed E-state index contributed by atoms with van der Waals surface area (Å²) in [6, 6.07) is 12.4. The summed E-state index contributed by atoms with van der Waals surface area (Å²) in [4.78, 5) is 24.1. The van der Waals surface area contributed by atoms with Gasteiger partial charge in [-0.3, -0.25) is 9.59 Å². The maximum atomic E-state index is 12.2. The molecular formula is C18H16BrNO5. The summed E-state index contributed by atoms with van der Waals surface area (Å²) in [5.74, 6) is 0.323.